The molecule has 0 heterocycles. The molecule has 2 aliphatic carbocycles. The Morgan fingerprint density at radius 3 is 2.52 bits per heavy atom. The fourth-order valence-corrected chi connectivity index (χ4v) is 2.73. The van der Waals surface area contributed by atoms with Crippen LogP contribution in [0.2, 0.25) is 0 Å². The Labute approximate surface area is 124 Å². The fraction of sp³-hybridized carbons (Fsp3) is 0.562. The third kappa shape index (κ3) is 3.28. The first-order valence-electron chi connectivity index (χ1n) is 7.53. The predicted molar refractivity (Wildman–Crippen MR) is 81.4 cm³/mol. The minimum Gasteiger partial charge on any atom is -0.494 e. The van der Waals surface area contributed by atoms with Gasteiger partial charge in [-0.1, -0.05) is 6.07 Å². The van der Waals surface area contributed by atoms with Crippen LogP contribution in [-0.2, 0) is 0 Å². The van der Waals surface area contributed by atoms with Crippen molar-refractivity contribution in [3.63, 3.8) is 0 Å². The molecule has 0 radical (unpaired) electrons. The lowest BCUT2D eigenvalue weighted by Gasteiger charge is -2.37. The molecule has 0 spiro atoms. The van der Waals surface area contributed by atoms with Gasteiger partial charge < -0.3 is 15.4 Å². The SMILES string of the molecule is CN=C(NC1CC1)NC1CC(c2ccc(OC)c(F)c2)C1. The van der Waals surface area contributed by atoms with Crippen molar-refractivity contribution in [1.29, 1.82) is 0 Å². The normalized spacial score (nSPS) is 25.2. The molecule has 0 bridgehead atoms. The second-order valence-corrected chi connectivity index (χ2v) is 5.89. The topological polar surface area (TPSA) is 45.7 Å². The number of methoxy groups -OCH3 is 1. The van der Waals surface area contributed by atoms with Gasteiger partial charge in [-0.3, -0.25) is 4.99 Å². The quantitative estimate of drug-likeness (QED) is 0.661. The minimum atomic E-state index is -0.280. The molecule has 1 aromatic carbocycles. The maximum Gasteiger partial charge on any atom is 0.191 e. The summed E-state index contributed by atoms with van der Waals surface area (Å²) < 4.78 is 18.7. The van der Waals surface area contributed by atoms with Crippen LogP contribution in [0.5, 0.6) is 5.75 Å². The van der Waals surface area contributed by atoms with Gasteiger partial charge in [-0.2, -0.15) is 0 Å². The molecule has 0 aromatic heterocycles. The Hall–Kier alpha value is -1.78. The molecule has 21 heavy (non-hydrogen) atoms. The van der Waals surface area contributed by atoms with Crippen LogP contribution in [0.15, 0.2) is 23.2 Å². The van der Waals surface area contributed by atoms with Gasteiger partial charge in [0.1, 0.15) is 0 Å². The third-order valence-electron chi connectivity index (χ3n) is 4.27. The number of benzene rings is 1. The van der Waals surface area contributed by atoms with Gasteiger partial charge in [0.25, 0.3) is 0 Å². The number of hydrogen-bond donors (Lipinski definition) is 2. The second kappa shape index (κ2) is 5.92. The molecule has 4 nitrogen and oxygen atoms in total. The zero-order chi connectivity index (χ0) is 14.8. The number of rotatable bonds is 4. The number of aliphatic imine (C=N–C) groups is 1. The van der Waals surface area contributed by atoms with Crippen LogP contribution < -0.4 is 15.4 Å². The molecule has 2 fully saturated rings. The summed E-state index contributed by atoms with van der Waals surface area (Å²) >= 11 is 0. The number of nitrogens with one attached hydrogen (secondary N) is 2. The largest absolute Gasteiger partial charge is 0.494 e. The van der Waals surface area contributed by atoms with Gasteiger partial charge >= 0.3 is 0 Å². The lowest BCUT2D eigenvalue weighted by atomic mass is 9.76. The summed E-state index contributed by atoms with van der Waals surface area (Å²) in [6, 6.07) is 6.28. The van der Waals surface area contributed by atoms with E-state index in [1.165, 1.54) is 20.0 Å². The van der Waals surface area contributed by atoms with Gasteiger partial charge in [-0.05, 0) is 49.3 Å². The van der Waals surface area contributed by atoms with Crippen molar-refractivity contribution < 1.29 is 9.13 Å². The van der Waals surface area contributed by atoms with Crippen molar-refractivity contribution in [2.75, 3.05) is 14.2 Å². The molecule has 0 saturated heterocycles. The highest BCUT2D eigenvalue weighted by Crippen LogP contribution is 2.38. The van der Waals surface area contributed by atoms with E-state index >= 15 is 0 Å². The Kier molecular flexibility index (Phi) is 3.99. The first kappa shape index (κ1) is 14.2. The third-order valence-corrected chi connectivity index (χ3v) is 4.27. The predicted octanol–water partition coefficient (Wildman–Crippen LogP) is 2.41. The lowest BCUT2D eigenvalue weighted by molar-refractivity contribution is 0.320. The molecule has 0 amide bonds. The van der Waals surface area contributed by atoms with Crippen molar-refractivity contribution >= 4 is 5.96 Å². The van der Waals surface area contributed by atoms with Gasteiger partial charge in [-0.15, -0.1) is 0 Å². The van der Waals surface area contributed by atoms with Crippen LogP contribution in [0.4, 0.5) is 4.39 Å². The minimum absolute atomic E-state index is 0.280. The van der Waals surface area contributed by atoms with E-state index in [1.807, 2.05) is 6.07 Å². The molecular formula is C16H22FN3O. The molecule has 0 unspecified atom stereocenters. The summed E-state index contributed by atoms with van der Waals surface area (Å²) in [6.45, 7) is 0. The van der Waals surface area contributed by atoms with E-state index in [0.717, 1.165) is 24.4 Å². The average Bonchev–Trinajstić information content (AvgIpc) is 3.24. The van der Waals surface area contributed by atoms with E-state index < -0.39 is 0 Å². The molecule has 1 aromatic rings. The van der Waals surface area contributed by atoms with Crippen molar-refractivity contribution in [3.05, 3.63) is 29.6 Å². The highest BCUT2D eigenvalue weighted by atomic mass is 19.1. The Morgan fingerprint density at radius 2 is 1.95 bits per heavy atom. The molecule has 2 saturated carbocycles. The highest BCUT2D eigenvalue weighted by molar-refractivity contribution is 5.80. The summed E-state index contributed by atoms with van der Waals surface area (Å²) in [6.07, 6.45) is 4.49. The van der Waals surface area contributed by atoms with E-state index in [-0.39, 0.29) is 5.82 Å². The van der Waals surface area contributed by atoms with Crippen LogP contribution in [0.3, 0.4) is 0 Å². The van der Waals surface area contributed by atoms with Crippen molar-refractivity contribution in [2.24, 2.45) is 4.99 Å². The van der Waals surface area contributed by atoms with E-state index in [0.29, 0.717) is 23.8 Å². The van der Waals surface area contributed by atoms with Crippen molar-refractivity contribution in [3.8, 4) is 5.75 Å². The Bertz CT molecular complexity index is 536. The number of ether oxygens (including phenoxy) is 1. The van der Waals surface area contributed by atoms with E-state index in [1.54, 1.807) is 19.2 Å². The van der Waals surface area contributed by atoms with Gasteiger partial charge in [0.2, 0.25) is 0 Å². The molecule has 3 rings (SSSR count). The maximum absolute atomic E-state index is 13.7. The fourth-order valence-electron chi connectivity index (χ4n) is 2.73. The molecule has 0 atom stereocenters. The summed E-state index contributed by atoms with van der Waals surface area (Å²) in [5.41, 5.74) is 1.05. The van der Waals surface area contributed by atoms with Crippen LogP contribution in [-0.4, -0.2) is 32.2 Å². The van der Waals surface area contributed by atoms with Crippen LogP contribution in [0.1, 0.15) is 37.2 Å². The van der Waals surface area contributed by atoms with Crippen LogP contribution in [0, 0.1) is 5.82 Å². The van der Waals surface area contributed by atoms with Crippen LogP contribution >= 0.6 is 0 Å². The van der Waals surface area contributed by atoms with Gasteiger partial charge in [0.05, 0.1) is 7.11 Å². The molecule has 2 N–H and O–H groups in total. The zero-order valence-electron chi connectivity index (χ0n) is 12.5. The van der Waals surface area contributed by atoms with Crippen molar-refractivity contribution in [1.82, 2.24) is 10.6 Å². The monoisotopic (exact) mass is 291 g/mol. The standard InChI is InChI=1S/C16H22FN3O/c1-18-16(19-12-4-5-12)20-13-7-11(8-13)10-3-6-15(21-2)14(17)9-10/h3,6,9,11-13H,4-5,7-8H2,1-2H3,(H2,18,19,20). The van der Waals surface area contributed by atoms with E-state index in [9.17, 15) is 4.39 Å². The van der Waals surface area contributed by atoms with Gasteiger partial charge in [0.15, 0.2) is 17.5 Å². The smallest absolute Gasteiger partial charge is 0.191 e. The van der Waals surface area contributed by atoms with E-state index in [2.05, 4.69) is 15.6 Å². The molecule has 114 valence electrons. The molecule has 2 aliphatic rings. The number of halogens is 1. The first-order chi connectivity index (χ1) is 10.2. The van der Waals surface area contributed by atoms with E-state index in [4.69, 9.17) is 4.74 Å². The van der Waals surface area contributed by atoms with Gasteiger partial charge in [0, 0.05) is 19.1 Å². The maximum atomic E-state index is 13.7. The van der Waals surface area contributed by atoms with Gasteiger partial charge in [-0.25, -0.2) is 4.39 Å². The number of hydrogen-bond acceptors (Lipinski definition) is 2. The number of nitrogens with zero attached hydrogens (tertiary/aromatic N) is 1. The first-order valence-corrected chi connectivity index (χ1v) is 7.53. The Balaban J connectivity index is 1.51. The highest BCUT2D eigenvalue weighted by Gasteiger charge is 2.32. The summed E-state index contributed by atoms with van der Waals surface area (Å²) in [5.74, 6) is 1.34. The summed E-state index contributed by atoms with van der Waals surface area (Å²) in [5, 5.41) is 6.81. The zero-order valence-corrected chi connectivity index (χ0v) is 12.5. The second-order valence-electron chi connectivity index (χ2n) is 5.89. The Morgan fingerprint density at radius 1 is 1.24 bits per heavy atom. The van der Waals surface area contributed by atoms with Crippen molar-refractivity contribution in [2.45, 2.75) is 43.7 Å². The van der Waals surface area contributed by atoms with Crippen LogP contribution in [0.25, 0.3) is 0 Å². The molecule has 5 heteroatoms. The summed E-state index contributed by atoms with van der Waals surface area (Å²) in [4.78, 5) is 4.24. The lowest BCUT2D eigenvalue weighted by Crippen LogP contribution is -2.49. The number of guanidine groups is 1. The molecular weight excluding hydrogens is 269 g/mol. The summed E-state index contributed by atoms with van der Waals surface area (Å²) in [7, 11) is 3.28. The average molecular weight is 291 g/mol. The molecule has 0 aliphatic heterocycles.